The molecule has 2 aromatic heterocycles. The van der Waals surface area contributed by atoms with Gasteiger partial charge in [-0.2, -0.15) is 0 Å². The Morgan fingerprint density at radius 3 is 2.58 bits per heavy atom. The van der Waals surface area contributed by atoms with E-state index in [1.54, 1.807) is 6.26 Å². The highest BCUT2D eigenvalue weighted by Gasteiger charge is 2.25. The van der Waals surface area contributed by atoms with Crippen LogP contribution in [0.2, 0.25) is 0 Å². The van der Waals surface area contributed by atoms with E-state index in [4.69, 9.17) is 10.2 Å². The van der Waals surface area contributed by atoms with E-state index in [2.05, 4.69) is 4.98 Å². The molecule has 0 aliphatic heterocycles. The van der Waals surface area contributed by atoms with Gasteiger partial charge in [0, 0.05) is 24.0 Å². The van der Waals surface area contributed by atoms with Gasteiger partial charge in [-0.1, -0.05) is 27.2 Å². The maximum Gasteiger partial charge on any atom is 0.330 e. The average molecular weight is 455 g/mol. The van der Waals surface area contributed by atoms with Crippen LogP contribution in [-0.2, 0) is 17.8 Å². The number of carbonyl (C=O) groups excluding carboxylic acids is 1. The Balaban J connectivity index is 2.03. The highest BCUT2D eigenvalue weighted by Crippen LogP contribution is 2.27. The highest BCUT2D eigenvalue weighted by atomic mass is 16.3. The van der Waals surface area contributed by atoms with Crippen LogP contribution in [-0.4, -0.2) is 22.0 Å². The molecule has 0 saturated carbocycles. The molecule has 1 aromatic carbocycles. The molecule has 3 rings (SSSR count). The van der Waals surface area contributed by atoms with Crippen LogP contribution >= 0.6 is 0 Å². The monoisotopic (exact) mass is 454 g/mol. The zero-order valence-corrected chi connectivity index (χ0v) is 20.2. The van der Waals surface area contributed by atoms with E-state index in [0.717, 1.165) is 40.5 Å². The van der Waals surface area contributed by atoms with Crippen molar-refractivity contribution in [2.24, 2.45) is 5.92 Å². The number of unbranched alkanes of at least 4 members (excludes halogenated alkanes) is 1. The van der Waals surface area contributed by atoms with Crippen molar-refractivity contribution in [1.82, 2.24) is 9.55 Å². The number of furan rings is 1. The van der Waals surface area contributed by atoms with Crippen LogP contribution in [0.1, 0.15) is 56.7 Å². The van der Waals surface area contributed by atoms with Gasteiger partial charge in [-0.3, -0.25) is 19.1 Å². The first-order valence-electron chi connectivity index (χ1n) is 11.5. The molecule has 0 radical (unpaired) electrons. The summed E-state index contributed by atoms with van der Waals surface area (Å²) in [4.78, 5) is 42.5. The largest absolute Gasteiger partial charge is 0.464 e. The van der Waals surface area contributed by atoms with Crippen molar-refractivity contribution in [3.05, 3.63) is 55.9 Å². The van der Waals surface area contributed by atoms with E-state index in [-0.39, 0.29) is 23.8 Å². The SMILES string of the molecule is CCCCn1c(N)c(N(CCC(C)C)C(=O)Cc2coc3cc(C)c(C)cc23)c(=O)[nH]c1=O. The fourth-order valence-corrected chi connectivity index (χ4v) is 3.86. The summed E-state index contributed by atoms with van der Waals surface area (Å²) >= 11 is 0. The first kappa shape index (κ1) is 24.4. The van der Waals surface area contributed by atoms with Gasteiger partial charge < -0.3 is 15.1 Å². The Morgan fingerprint density at radius 1 is 1.21 bits per heavy atom. The molecule has 0 bridgehead atoms. The summed E-state index contributed by atoms with van der Waals surface area (Å²) in [7, 11) is 0. The average Bonchev–Trinajstić information content (AvgIpc) is 3.11. The quantitative estimate of drug-likeness (QED) is 0.509. The number of fused-ring (bicyclic) bond motifs is 1. The lowest BCUT2D eigenvalue weighted by Crippen LogP contribution is -2.42. The van der Waals surface area contributed by atoms with Gasteiger partial charge in [-0.25, -0.2) is 4.79 Å². The van der Waals surface area contributed by atoms with Gasteiger partial charge in [0.2, 0.25) is 5.91 Å². The Bertz CT molecular complexity index is 1270. The maximum atomic E-state index is 13.5. The number of hydrogen-bond acceptors (Lipinski definition) is 5. The second-order valence-electron chi connectivity index (χ2n) is 9.10. The summed E-state index contributed by atoms with van der Waals surface area (Å²) in [5.41, 5.74) is 8.83. The number of carbonyl (C=O) groups is 1. The molecule has 3 aromatic rings. The van der Waals surface area contributed by atoms with E-state index >= 15 is 0 Å². The number of nitrogens with two attached hydrogens (primary N) is 1. The van der Waals surface area contributed by atoms with Crippen LogP contribution in [0.4, 0.5) is 11.5 Å². The third kappa shape index (κ3) is 5.21. The molecule has 3 N–H and O–H groups in total. The van der Waals surface area contributed by atoms with E-state index in [1.165, 1.54) is 9.47 Å². The second-order valence-corrected chi connectivity index (χ2v) is 9.10. The number of aryl methyl sites for hydroxylation is 2. The molecule has 0 atom stereocenters. The number of nitrogens with zero attached hydrogens (tertiary/aromatic N) is 2. The number of hydrogen-bond donors (Lipinski definition) is 2. The van der Waals surface area contributed by atoms with Crippen LogP contribution in [0.3, 0.4) is 0 Å². The van der Waals surface area contributed by atoms with Gasteiger partial charge >= 0.3 is 5.69 Å². The number of aromatic nitrogens is 2. The lowest BCUT2D eigenvalue weighted by molar-refractivity contribution is -0.118. The molecule has 0 unspecified atom stereocenters. The first-order valence-corrected chi connectivity index (χ1v) is 11.5. The van der Waals surface area contributed by atoms with Crippen molar-refractivity contribution in [1.29, 1.82) is 0 Å². The fraction of sp³-hybridized carbons (Fsp3) is 0.480. The summed E-state index contributed by atoms with van der Waals surface area (Å²) in [5.74, 6) is 0.0688. The predicted octanol–water partition coefficient (Wildman–Crippen LogP) is 3.90. The van der Waals surface area contributed by atoms with E-state index in [0.29, 0.717) is 25.4 Å². The van der Waals surface area contributed by atoms with E-state index < -0.39 is 11.2 Å². The summed E-state index contributed by atoms with van der Waals surface area (Å²) in [5, 5.41) is 0.880. The van der Waals surface area contributed by atoms with E-state index in [1.807, 2.05) is 46.8 Å². The minimum Gasteiger partial charge on any atom is -0.464 e. The van der Waals surface area contributed by atoms with E-state index in [9.17, 15) is 14.4 Å². The number of H-pyrrole nitrogens is 1. The number of nitrogen functional groups attached to an aromatic ring is 1. The standard InChI is InChI=1S/C25H34N4O4/c1-6-7-9-29-23(26)22(24(31)27-25(29)32)28(10-8-15(2)3)21(30)13-18-14-33-20-12-17(5)16(4)11-19(18)20/h11-12,14-15H,6-10,13,26H2,1-5H3,(H,27,31,32). The Kier molecular flexibility index (Phi) is 7.46. The van der Waals surface area contributed by atoms with Crippen molar-refractivity contribution in [3.8, 4) is 0 Å². The van der Waals surface area contributed by atoms with Gasteiger partial charge in [0.1, 0.15) is 11.4 Å². The van der Waals surface area contributed by atoms with Gasteiger partial charge in [-0.05, 0) is 55.9 Å². The molecular weight excluding hydrogens is 420 g/mol. The van der Waals surface area contributed by atoms with Crippen molar-refractivity contribution >= 4 is 28.4 Å². The van der Waals surface area contributed by atoms with Gasteiger partial charge in [0.25, 0.3) is 5.56 Å². The zero-order chi connectivity index (χ0) is 24.3. The molecule has 8 nitrogen and oxygen atoms in total. The summed E-state index contributed by atoms with van der Waals surface area (Å²) < 4.78 is 7.03. The fourth-order valence-electron chi connectivity index (χ4n) is 3.86. The molecule has 2 heterocycles. The van der Waals surface area contributed by atoms with Crippen molar-refractivity contribution in [2.45, 2.75) is 66.8 Å². The van der Waals surface area contributed by atoms with Gasteiger partial charge in [-0.15, -0.1) is 0 Å². The highest BCUT2D eigenvalue weighted by molar-refractivity contribution is 5.99. The van der Waals surface area contributed by atoms with Crippen LogP contribution in [0, 0.1) is 19.8 Å². The minimum absolute atomic E-state index is 0.0258. The Labute approximate surface area is 193 Å². The molecule has 33 heavy (non-hydrogen) atoms. The molecule has 0 fully saturated rings. The third-order valence-electron chi connectivity index (χ3n) is 6.06. The minimum atomic E-state index is -0.647. The number of anilines is 2. The lowest BCUT2D eigenvalue weighted by atomic mass is 10.0. The first-order chi connectivity index (χ1) is 15.6. The Hall–Kier alpha value is -3.29. The van der Waals surface area contributed by atoms with Crippen molar-refractivity contribution in [3.63, 3.8) is 0 Å². The van der Waals surface area contributed by atoms with Crippen LogP contribution in [0.15, 0.2) is 32.4 Å². The molecule has 8 heteroatoms. The molecule has 0 aliphatic carbocycles. The van der Waals surface area contributed by atoms with Gasteiger partial charge in [0.15, 0.2) is 5.69 Å². The summed E-state index contributed by atoms with van der Waals surface area (Å²) in [6.45, 7) is 10.8. The molecule has 178 valence electrons. The Morgan fingerprint density at radius 2 is 1.91 bits per heavy atom. The number of aromatic amines is 1. The third-order valence-corrected chi connectivity index (χ3v) is 6.06. The topological polar surface area (TPSA) is 114 Å². The van der Waals surface area contributed by atoms with Gasteiger partial charge in [0.05, 0.1) is 12.7 Å². The van der Waals surface area contributed by atoms with Crippen LogP contribution in [0.5, 0.6) is 0 Å². The lowest BCUT2D eigenvalue weighted by Gasteiger charge is -2.25. The number of rotatable bonds is 9. The smallest absolute Gasteiger partial charge is 0.330 e. The second kappa shape index (κ2) is 10.1. The van der Waals surface area contributed by atoms with Crippen LogP contribution < -0.4 is 21.9 Å². The predicted molar refractivity (Wildman–Crippen MR) is 132 cm³/mol. The van der Waals surface area contributed by atoms with Crippen molar-refractivity contribution < 1.29 is 9.21 Å². The molecule has 0 spiro atoms. The molecule has 0 saturated heterocycles. The zero-order valence-electron chi connectivity index (χ0n) is 20.2. The maximum absolute atomic E-state index is 13.5. The summed E-state index contributed by atoms with van der Waals surface area (Å²) in [6, 6.07) is 3.98. The summed E-state index contributed by atoms with van der Waals surface area (Å²) in [6.07, 6.45) is 3.93. The number of benzene rings is 1. The molecule has 1 amide bonds. The number of nitrogens with one attached hydrogen (secondary N) is 1. The molecular formula is C25H34N4O4. The normalized spacial score (nSPS) is 11.5. The number of amides is 1. The van der Waals surface area contributed by atoms with Crippen molar-refractivity contribution in [2.75, 3.05) is 17.2 Å². The van der Waals surface area contributed by atoms with Crippen LogP contribution in [0.25, 0.3) is 11.0 Å². The molecule has 0 aliphatic rings.